The number of rotatable bonds is 11. The number of benzene rings is 3. The highest BCUT2D eigenvalue weighted by Crippen LogP contribution is 2.40. The van der Waals surface area contributed by atoms with E-state index in [4.69, 9.17) is 37.4 Å². The van der Waals surface area contributed by atoms with E-state index in [2.05, 4.69) is 68.2 Å². The summed E-state index contributed by atoms with van der Waals surface area (Å²) in [5.74, 6) is 0.691. The minimum atomic E-state index is -1.08. The normalized spacial score (nSPS) is 19.8. The Hall–Kier alpha value is -4.09. The molecular weight excluding hydrogens is 637 g/mol. The molecule has 10 nitrogen and oxygen atoms in total. The van der Waals surface area contributed by atoms with Crippen molar-refractivity contribution in [2.45, 2.75) is 38.2 Å². The average molecular weight is 675 g/mol. The number of ether oxygens (including phenoxy) is 3. The van der Waals surface area contributed by atoms with Crippen LogP contribution < -0.4 is 14.5 Å². The molecule has 0 bridgehead atoms. The van der Waals surface area contributed by atoms with Crippen LogP contribution in [0.3, 0.4) is 0 Å². The van der Waals surface area contributed by atoms with Gasteiger partial charge >= 0.3 is 0 Å². The van der Waals surface area contributed by atoms with Crippen LogP contribution in [0.2, 0.25) is 10.0 Å². The maximum atomic E-state index is 6.60. The molecule has 0 saturated carbocycles. The van der Waals surface area contributed by atoms with Crippen LogP contribution in [-0.4, -0.2) is 69.8 Å². The molecule has 0 N–H and O–H groups in total. The lowest BCUT2D eigenvalue weighted by Gasteiger charge is -2.37. The van der Waals surface area contributed by atoms with Gasteiger partial charge in [0.15, 0.2) is 0 Å². The van der Waals surface area contributed by atoms with Gasteiger partial charge < -0.3 is 28.6 Å². The van der Waals surface area contributed by atoms with Crippen LogP contribution in [-0.2, 0) is 28.2 Å². The predicted molar refractivity (Wildman–Crippen MR) is 183 cm³/mol. The lowest BCUT2D eigenvalue weighted by Crippen LogP contribution is -2.46. The number of piperazine rings is 1. The highest BCUT2D eigenvalue weighted by molar-refractivity contribution is 6.35. The third kappa shape index (κ3) is 6.96. The summed E-state index contributed by atoms with van der Waals surface area (Å²) in [6, 6.07) is 22.2. The Kier molecular flexibility index (Phi) is 9.35. The van der Waals surface area contributed by atoms with Gasteiger partial charge in [-0.05, 0) is 67.1 Å². The standard InChI is InChI=1S/C35H37Cl2N7O3/c1-2-3-34-39-24-40-44(34)29-7-5-27(6-8-29)42-16-18-43(19-17-42)28-9-11-30(12-10-28)45-21-31-22-46-35(47-31,23-41-15-14-38-25-41)32-13-4-26(36)20-33(32)37/h4-15,20,24-25,31H,2-3,16-19,21-23H2,1H3. The van der Waals surface area contributed by atoms with Gasteiger partial charge in [0, 0.05) is 67.0 Å². The molecule has 0 radical (unpaired) electrons. The molecule has 7 rings (SSSR count). The molecule has 2 aliphatic rings. The molecular formula is C35H37Cl2N7O3. The second-order valence-electron chi connectivity index (χ2n) is 11.8. The van der Waals surface area contributed by atoms with Gasteiger partial charge in [-0.3, -0.25) is 0 Å². The highest BCUT2D eigenvalue weighted by Gasteiger charge is 2.45. The molecule has 0 amide bonds. The molecule has 3 aromatic carbocycles. The van der Waals surface area contributed by atoms with E-state index in [1.165, 1.54) is 11.4 Å². The number of anilines is 2. The quantitative estimate of drug-likeness (QED) is 0.159. The summed E-state index contributed by atoms with van der Waals surface area (Å²) in [6.07, 6.45) is 8.61. The molecule has 244 valence electrons. The van der Waals surface area contributed by atoms with Crippen molar-refractivity contribution in [3.63, 3.8) is 0 Å². The zero-order valence-electron chi connectivity index (χ0n) is 26.2. The third-order valence-electron chi connectivity index (χ3n) is 8.62. The van der Waals surface area contributed by atoms with Gasteiger partial charge in [0.2, 0.25) is 5.79 Å². The summed E-state index contributed by atoms with van der Waals surface area (Å²) in [5.41, 5.74) is 4.16. The molecule has 2 unspecified atom stereocenters. The fourth-order valence-corrected chi connectivity index (χ4v) is 6.77. The molecule has 2 aliphatic heterocycles. The Balaban J connectivity index is 0.926. The number of halogens is 2. The van der Waals surface area contributed by atoms with Gasteiger partial charge in [-0.1, -0.05) is 36.2 Å². The maximum Gasteiger partial charge on any atom is 0.215 e. The Morgan fingerprint density at radius 1 is 0.915 bits per heavy atom. The Bertz CT molecular complexity index is 1760. The van der Waals surface area contributed by atoms with Crippen LogP contribution in [0.5, 0.6) is 5.75 Å². The number of nitrogens with zero attached hydrogens (tertiary/aromatic N) is 7. The van der Waals surface area contributed by atoms with Gasteiger partial charge in [0.05, 0.1) is 30.2 Å². The maximum absolute atomic E-state index is 6.60. The van der Waals surface area contributed by atoms with Crippen molar-refractivity contribution in [2.75, 3.05) is 49.2 Å². The minimum absolute atomic E-state index is 0.290. The van der Waals surface area contributed by atoms with E-state index in [0.29, 0.717) is 35.4 Å². The molecule has 5 aromatic rings. The predicted octanol–water partition coefficient (Wildman–Crippen LogP) is 6.40. The molecule has 2 fully saturated rings. The number of hydrogen-bond donors (Lipinski definition) is 0. The second kappa shape index (κ2) is 13.9. The van der Waals surface area contributed by atoms with Crippen molar-refractivity contribution in [3.05, 3.63) is 113 Å². The summed E-state index contributed by atoms with van der Waals surface area (Å²) >= 11 is 12.8. The van der Waals surface area contributed by atoms with Crippen molar-refractivity contribution in [3.8, 4) is 11.4 Å². The van der Waals surface area contributed by atoms with Crippen molar-refractivity contribution in [1.29, 1.82) is 0 Å². The van der Waals surface area contributed by atoms with Crippen LogP contribution in [0.25, 0.3) is 5.69 Å². The summed E-state index contributed by atoms with van der Waals surface area (Å²) in [5, 5.41) is 5.45. The van der Waals surface area contributed by atoms with Crippen LogP contribution in [0.1, 0.15) is 24.7 Å². The zero-order chi connectivity index (χ0) is 32.2. The van der Waals surface area contributed by atoms with E-state index >= 15 is 0 Å². The fraction of sp³-hybridized carbons (Fsp3) is 0.343. The van der Waals surface area contributed by atoms with E-state index in [1.807, 2.05) is 33.6 Å². The lowest BCUT2D eigenvalue weighted by atomic mass is 10.1. The molecule has 0 spiro atoms. The van der Waals surface area contributed by atoms with Crippen LogP contribution in [0.15, 0.2) is 91.8 Å². The SMILES string of the molecule is CCCc1ncnn1-c1ccc(N2CCN(c3ccc(OCC4COC(Cn5ccnc5)(c5ccc(Cl)cc5Cl)O4)cc3)CC2)cc1. The molecule has 0 aliphatic carbocycles. The largest absolute Gasteiger partial charge is 0.491 e. The Morgan fingerprint density at radius 2 is 1.62 bits per heavy atom. The fourth-order valence-electron chi connectivity index (χ4n) is 6.22. The third-order valence-corrected chi connectivity index (χ3v) is 9.17. The van der Waals surface area contributed by atoms with Crippen molar-refractivity contribution < 1.29 is 14.2 Å². The number of imidazole rings is 1. The van der Waals surface area contributed by atoms with E-state index < -0.39 is 5.79 Å². The topological polar surface area (TPSA) is 82.7 Å². The van der Waals surface area contributed by atoms with Crippen LogP contribution in [0, 0.1) is 0 Å². The van der Waals surface area contributed by atoms with Gasteiger partial charge in [0.1, 0.15) is 30.6 Å². The number of aryl methyl sites for hydroxylation is 1. The van der Waals surface area contributed by atoms with Crippen molar-refractivity contribution >= 4 is 34.6 Å². The monoisotopic (exact) mass is 673 g/mol. The van der Waals surface area contributed by atoms with Gasteiger partial charge in [0.25, 0.3) is 0 Å². The molecule has 12 heteroatoms. The first kappa shape index (κ1) is 31.5. The average Bonchev–Trinajstić information content (AvgIpc) is 3.87. The zero-order valence-corrected chi connectivity index (χ0v) is 27.7. The van der Waals surface area contributed by atoms with E-state index in [-0.39, 0.29) is 6.10 Å². The Labute approximate surface area is 284 Å². The van der Waals surface area contributed by atoms with E-state index in [0.717, 1.165) is 56.3 Å². The number of hydrogen-bond acceptors (Lipinski definition) is 8. The number of aromatic nitrogens is 5. The van der Waals surface area contributed by atoms with Crippen molar-refractivity contribution in [1.82, 2.24) is 24.3 Å². The Morgan fingerprint density at radius 3 is 2.28 bits per heavy atom. The second-order valence-corrected chi connectivity index (χ2v) is 12.6. The summed E-state index contributed by atoms with van der Waals surface area (Å²) in [7, 11) is 0. The molecule has 2 saturated heterocycles. The van der Waals surface area contributed by atoms with Gasteiger partial charge in [-0.2, -0.15) is 5.10 Å². The summed E-state index contributed by atoms with van der Waals surface area (Å²) < 4.78 is 22.8. The smallest absolute Gasteiger partial charge is 0.215 e. The van der Waals surface area contributed by atoms with Crippen molar-refractivity contribution in [2.24, 2.45) is 0 Å². The van der Waals surface area contributed by atoms with E-state index in [9.17, 15) is 0 Å². The highest BCUT2D eigenvalue weighted by atomic mass is 35.5. The minimum Gasteiger partial charge on any atom is -0.491 e. The summed E-state index contributed by atoms with van der Waals surface area (Å²) in [6.45, 7) is 7.00. The van der Waals surface area contributed by atoms with Crippen LogP contribution in [0.4, 0.5) is 11.4 Å². The van der Waals surface area contributed by atoms with Gasteiger partial charge in [-0.25, -0.2) is 14.6 Å². The first-order valence-electron chi connectivity index (χ1n) is 15.9. The first-order chi connectivity index (χ1) is 23.0. The molecule has 2 aromatic heterocycles. The van der Waals surface area contributed by atoms with Gasteiger partial charge in [-0.15, -0.1) is 0 Å². The molecule has 4 heterocycles. The van der Waals surface area contributed by atoms with Crippen LogP contribution >= 0.6 is 23.2 Å². The first-order valence-corrected chi connectivity index (χ1v) is 16.7. The molecule has 2 atom stereocenters. The summed E-state index contributed by atoms with van der Waals surface area (Å²) in [4.78, 5) is 13.4. The molecule has 47 heavy (non-hydrogen) atoms. The lowest BCUT2D eigenvalue weighted by molar-refractivity contribution is -0.189. The van der Waals surface area contributed by atoms with E-state index in [1.54, 1.807) is 31.0 Å².